The predicted octanol–water partition coefficient (Wildman–Crippen LogP) is 3.92. The lowest BCUT2D eigenvalue weighted by atomic mass is 9.88. The molecule has 106 valence electrons. The van der Waals surface area contributed by atoms with Crippen LogP contribution in [0.25, 0.3) is 0 Å². The Hall–Kier alpha value is -1.02. The number of benzene rings is 1. The van der Waals surface area contributed by atoms with E-state index in [9.17, 15) is 0 Å². The summed E-state index contributed by atoms with van der Waals surface area (Å²) in [6.45, 7) is 4.46. The van der Waals surface area contributed by atoms with E-state index >= 15 is 0 Å². The summed E-state index contributed by atoms with van der Waals surface area (Å²) in [5, 5.41) is 0. The largest absolute Gasteiger partial charge is 0.490 e. The smallest absolute Gasteiger partial charge is 0.122 e. The summed E-state index contributed by atoms with van der Waals surface area (Å²) in [4.78, 5) is 0. The first-order chi connectivity index (χ1) is 9.19. The molecule has 1 fully saturated rings. The van der Waals surface area contributed by atoms with Crippen LogP contribution < -0.4 is 10.5 Å². The molecule has 0 radical (unpaired) electrons. The van der Waals surface area contributed by atoms with Gasteiger partial charge in [0.05, 0.1) is 6.10 Å². The van der Waals surface area contributed by atoms with Gasteiger partial charge in [0.1, 0.15) is 5.75 Å². The zero-order valence-electron chi connectivity index (χ0n) is 12.3. The molecule has 0 aromatic heterocycles. The van der Waals surface area contributed by atoms with Crippen molar-refractivity contribution in [3.8, 4) is 5.75 Å². The van der Waals surface area contributed by atoms with Crippen molar-refractivity contribution in [2.45, 2.75) is 64.5 Å². The van der Waals surface area contributed by atoms with E-state index in [2.05, 4.69) is 38.1 Å². The second kappa shape index (κ2) is 6.95. The monoisotopic (exact) mass is 261 g/mol. The highest BCUT2D eigenvalue weighted by Gasteiger charge is 2.21. The molecule has 2 rings (SSSR count). The lowest BCUT2D eigenvalue weighted by Gasteiger charge is -2.28. The summed E-state index contributed by atoms with van der Waals surface area (Å²) in [5.41, 5.74) is 7.33. The SMILES string of the molecule is CCC(N)Cc1ccccc1OC1CCCC(C)C1. The van der Waals surface area contributed by atoms with Crippen LogP contribution in [0.3, 0.4) is 0 Å². The third kappa shape index (κ3) is 4.24. The molecule has 0 aliphatic heterocycles. The maximum Gasteiger partial charge on any atom is 0.122 e. The molecule has 3 unspecified atom stereocenters. The van der Waals surface area contributed by atoms with E-state index in [1.807, 2.05) is 0 Å². The van der Waals surface area contributed by atoms with Gasteiger partial charge >= 0.3 is 0 Å². The topological polar surface area (TPSA) is 35.2 Å². The molecule has 1 aromatic carbocycles. The van der Waals surface area contributed by atoms with Gasteiger partial charge in [-0.15, -0.1) is 0 Å². The van der Waals surface area contributed by atoms with E-state index < -0.39 is 0 Å². The quantitative estimate of drug-likeness (QED) is 0.871. The first-order valence-electron chi connectivity index (χ1n) is 7.69. The summed E-state index contributed by atoms with van der Waals surface area (Å²) in [6.07, 6.45) is 7.34. The predicted molar refractivity (Wildman–Crippen MR) is 80.5 cm³/mol. The first kappa shape index (κ1) is 14.4. The fraction of sp³-hybridized carbons (Fsp3) is 0.647. The van der Waals surface area contributed by atoms with Crippen LogP contribution in [0.1, 0.15) is 51.5 Å². The summed E-state index contributed by atoms with van der Waals surface area (Å²) in [6, 6.07) is 8.61. The third-order valence-corrected chi connectivity index (χ3v) is 4.16. The van der Waals surface area contributed by atoms with Gasteiger partial charge in [0.25, 0.3) is 0 Å². The van der Waals surface area contributed by atoms with Crippen molar-refractivity contribution in [3.63, 3.8) is 0 Å². The lowest BCUT2D eigenvalue weighted by Crippen LogP contribution is -2.26. The molecule has 1 aliphatic rings. The lowest BCUT2D eigenvalue weighted by molar-refractivity contribution is 0.128. The van der Waals surface area contributed by atoms with Crippen molar-refractivity contribution in [1.29, 1.82) is 0 Å². The molecule has 0 heterocycles. The van der Waals surface area contributed by atoms with Crippen LogP contribution in [0.5, 0.6) is 5.75 Å². The average Bonchev–Trinajstić information content (AvgIpc) is 2.41. The van der Waals surface area contributed by atoms with Crippen molar-refractivity contribution in [1.82, 2.24) is 0 Å². The molecular weight excluding hydrogens is 234 g/mol. The summed E-state index contributed by atoms with van der Waals surface area (Å²) in [7, 11) is 0. The Labute approximate surface area is 117 Å². The fourth-order valence-corrected chi connectivity index (χ4v) is 2.88. The second-order valence-corrected chi connectivity index (χ2v) is 5.99. The normalized spacial score (nSPS) is 25.0. The van der Waals surface area contributed by atoms with Crippen molar-refractivity contribution in [3.05, 3.63) is 29.8 Å². The van der Waals surface area contributed by atoms with Gasteiger partial charge in [0.2, 0.25) is 0 Å². The molecular formula is C17H27NO. The van der Waals surface area contributed by atoms with Crippen molar-refractivity contribution >= 4 is 0 Å². The molecule has 0 spiro atoms. The minimum absolute atomic E-state index is 0.232. The van der Waals surface area contributed by atoms with E-state index in [4.69, 9.17) is 10.5 Å². The van der Waals surface area contributed by atoms with Gasteiger partial charge in [-0.05, 0) is 49.7 Å². The highest BCUT2D eigenvalue weighted by atomic mass is 16.5. The summed E-state index contributed by atoms with van der Waals surface area (Å²) < 4.78 is 6.25. The van der Waals surface area contributed by atoms with Gasteiger partial charge in [-0.1, -0.05) is 38.5 Å². The highest BCUT2D eigenvalue weighted by Crippen LogP contribution is 2.29. The number of ether oxygens (including phenoxy) is 1. The first-order valence-corrected chi connectivity index (χ1v) is 7.69. The summed E-state index contributed by atoms with van der Waals surface area (Å²) in [5.74, 6) is 1.84. The molecule has 1 aromatic rings. The number of hydrogen-bond acceptors (Lipinski definition) is 2. The molecule has 2 N–H and O–H groups in total. The maximum atomic E-state index is 6.25. The van der Waals surface area contributed by atoms with Crippen molar-refractivity contribution < 1.29 is 4.74 Å². The minimum Gasteiger partial charge on any atom is -0.490 e. The zero-order chi connectivity index (χ0) is 13.7. The third-order valence-electron chi connectivity index (χ3n) is 4.16. The van der Waals surface area contributed by atoms with Gasteiger partial charge in [0, 0.05) is 6.04 Å². The highest BCUT2D eigenvalue weighted by molar-refractivity contribution is 5.34. The molecule has 1 saturated carbocycles. The van der Waals surface area contributed by atoms with Crippen LogP contribution in [-0.2, 0) is 6.42 Å². The Kier molecular flexibility index (Phi) is 5.26. The Morgan fingerprint density at radius 1 is 1.32 bits per heavy atom. The molecule has 3 atom stereocenters. The van der Waals surface area contributed by atoms with Crippen molar-refractivity contribution in [2.24, 2.45) is 11.7 Å². The average molecular weight is 261 g/mol. The van der Waals surface area contributed by atoms with E-state index in [1.165, 1.54) is 31.2 Å². The van der Waals surface area contributed by atoms with E-state index in [1.54, 1.807) is 0 Å². The summed E-state index contributed by atoms with van der Waals surface area (Å²) >= 11 is 0. The number of rotatable bonds is 5. The Bertz CT molecular complexity index is 391. The van der Waals surface area contributed by atoms with Crippen molar-refractivity contribution in [2.75, 3.05) is 0 Å². The van der Waals surface area contributed by atoms with Gasteiger partial charge in [-0.3, -0.25) is 0 Å². The maximum absolute atomic E-state index is 6.25. The molecule has 2 nitrogen and oxygen atoms in total. The fourth-order valence-electron chi connectivity index (χ4n) is 2.88. The van der Waals surface area contributed by atoms with E-state index in [0.717, 1.165) is 24.5 Å². The van der Waals surface area contributed by atoms with Gasteiger partial charge < -0.3 is 10.5 Å². The standard InChI is InChI=1S/C17H27NO/c1-3-15(18)12-14-8-4-5-10-17(14)19-16-9-6-7-13(2)11-16/h4-5,8,10,13,15-16H,3,6-7,9,11-12,18H2,1-2H3. The molecule has 0 amide bonds. The minimum atomic E-state index is 0.232. The Balaban J connectivity index is 2.02. The van der Waals surface area contributed by atoms with E-state index in [-0.39, 0.29) is 6.04 Å². The number of nitrogens with two attached hydrogens (primary N) is 1. The van der Waals surface area contributed by atoms with Crippen LogP contribution >= 0.6 is 0 Å². The van der Waals surface area contributed by atoms with Crippen LogP contribution in [-0.4, -0.2) is 12.1 Å². The van der Waals surface area contributed by atoms with Crippen LogP contribution in [0.2, 0.25) is 0 Å². The van der Waals surface area contributed by atoms with Gasteiger partial charge in [-0.25, -0.2) is 0 Å². The number of para-hydroxylation sites is 1. The zero-order valence-corrected chi connectivity index (χ0v) is 12.3. The molecule has 1 aliphatic carbocycles. The molecule has 0 bridgehead atoms. The van der Waals surface area contributed by atoms with Crippen LogP contribution in [0, 0.1) is 5.92 Å². The molecule has 19 heavy (non-hydrogen) atoms. The van der Waals surface area contributed by atoms with E-state index in [0.29, 0.717) is 6.10 Å². The van der Waals surface area contributed by atoms with Gasteiger partial charge in [-0.2, -0.15) is 0 Å². The van der Waals surface area contributed by atoms with Gasteiger partial charge in [0.15, 0.2) is 0 Å². The molecule has 2 heteroatoms. The second-order valence-electron chi connectivity index (χ2n) is 5.99. The molecule has 0 saturated heterocycles. The number of hydrogen-bond donors (Lipinski definition) is 1. The van der Waals surface area contributed by atoms with Crippen LogP contribution in [0.15, 0.2) is 24.3 Å². The Morgan fingerprint density at radius 3 is 2.84 bits per heavy atom. The van der Waals surface area contributed by atoms with Crippen LogP contribution in [0.4, 0.5) is 0 Å². The Morgan fingerprint density at radius 2 is 2.11 bits per heavy atom.